The van der Waals surface area contributed by atoms with Crippen molar-refractivity contribution in [1.29, 1.82) is 0 Å². The van der Waals surface area contributed by atoms with Crippen molar-refractivity contribution in [2.45, 2.75) is 0 Å². The Bertz CT molecular complexity index is 67.1. The van der Waals surface area contributed by atoms with Crippen LogP contribution in [0.4, 0.5) is 0 Å². The maximum atomic E-state index is 5.06. The molecule has 8 heteroatoms. The summed E-state index contributed by atoms with van der Waals surface area (Å²) in [6.07, 6.45) is 0. The summed E-state index contributed by atoms with van der Waals surface area (Å²) in [4.78, 5) is 0. The van der Waals surface area contributed by atoms with E-state index in [1.807, 2.05) is 0 Å². The zero-order valence-electron chi connectivity index (χ0n) is 2.62. The zero-order chi connectivity index (χ0) is 6.41. The Kier molecular flexibility index (Phi) is 5.55. The van der Waals surface area contributed by atoms with Gasteiger partial charge in [-0.15, -0.1) is 0 Å². The van der Waals surface area contributed by atoms with Crippen LogP contribution in [0, 0.1) is 0 Å². The fraction of sp³-hybridized carbons (Fsp3) is 0. The molecule has 0 spiro atoms. The quantitative estimate of drug-likeness (QED) is 0.504. The van der Waals surface area contributed by atoms with Crippen molar-refractivity contribution in [1.82, 2.24) is 0 Å². The molecule has 0 amide bonds. The molecule has 0 nitrogen and oxygen atoms in total. The molecule has 0 saturated carbocycles. The van der Waals surface area contributed by atoms with Crippen LogP contribution in [0.5, 0.6) is 0 Å². The molecule has 52 valence electrons. The van der Waals surface area contributed by atoms with Gasteiger partial charge in [-0.05, 0) is 0 Å². The van der Waals surface area contributed by atoms with Crippen LogP contribution >= 0.6 is 57.8 Å². The molecular formula is HCl6KOs. The summed E-state index contributed by atoms with van der Waals surface area (Å²) in [6.45, 7) is -5.38. The summed E-state index contributed by atoms with van der Waals surface area (Å²) < 4.78 is 0. The van der Waals surface area contributed by atoms with Gasteiger partial charge in [-0.25, -0.2) is 0 Å². The molecule has 8 heavy (non-hydrogen) atoms. The molecule has 0 bridgehead atoms. The zero-order valence-corrected chi connectivity index (χ0v) is 9.70. The van der Waals surface area contributed by atoms with Crippen molar-refractivity contribution in [2.75, 3.05) is 0 Å². The summed E-state index contributed by atoms with van der Waals surface area (Å²) in [7, 11) is 30.4. The molecule has 0 saturated heterocycles. The second-order valence-electron chi connectivity index (χ2n) is 0.758. The Morgan fingerprint density at radius 3 is 0.625 bits per heavy atom. The van der Waals surface area contributed by atoms with Crippen LogP contribution < -0.4 is 0 Å². The van der Waals surface area contributed by atoms with Crippen LogP contribution in [-0.2, 0) is 6.64 Å². The molecule has 0 aliphatic carbocycles. The van der Waals surface area contributed by atoms with Crippen molar-refractivity contribution >= 4 is 109 Å². The average molecular weight is 443 g/mol. The van der Waals surface area contributed by atoms with Crippen molar-refractivity contribution in [3.63, 3.8) is 0 Å². The van der Waals surface area contributed by atoms with Gasteiger partial charge in [0, 0.05) is 0 Å². The summed E-state index contributed by atoms with van der Waals surface area (Å²) >= 11 is 0. The molecular weight excluding hydrogens is 442 g/mol. The van der Waals surface area contributed by atoms with E-state index in [1.165, 1.54) is 0 Å². The first-order valence-electron chi connectivity index (χ1n) is 0.802. The van der Waals surface area contributed by atoms with Crippen LogP contribution in [0.25, 0.3) is 0 Å². The first-order chi connectivity index (χ1) is 2.45. The Hall–Kier alpha value is 4.01. The van der Waals surface area contributed by atoms with E-state index in [-0.39, 0.29) is 51.4 Å². The van der Waals surface area contributed by atoms with Crippen LogP contribution in [0.3, 0.4) is 0 Å². The van der Waals surface area contributed by atoms with Gasteiger partial charge in [0.1, 0.15) is 0 Å². The number of halogens is 6. The van der Waals surface area contributed by atoms with E-state index in [0.29, 0.717) is 0 Å². The Morgan fingerprint density at radius 2 is 0.625 bits per heavy atom. The molecule has 0 unspecified atom stereocenters. The predicted molar refractivity (Wildman–Crippen MR) is 42.3 cm³/mol. The van der Waals surface area contributed by atoms with E-state index < -0.39 is 6.64 Å². The van der Waals surface area contributed by atoms with Gasteiger partial charge in [0.15, 0.2) is 0 Å². The molecule has 0 aromatic heterocycles. The van der Waals surface area contributed by atoms with E-state index in [4.69, 9.17) is 57.8 Å². The molecule has 0 aliphatic heterocycles. The summed E-state index contributed by atoms with van der Waals surface area (Å²) in [5, 5.41) is 0. The van der Waals surface area contributed by atoms with E-state index in [9.17, 15) is 0 Å². The Labute approximate surface area is 113 Å². The second kappa shape index (κ2) is 3.05. The van der Waals surface area contributed by atoms with E-state index in [1.54, 1.807) is 0 Å². The molecule has 0 aliphatic rings. The topological polar surface area (TPSA) is 0 Å². The van der Waals surface area contributed by atoms with Crippen LogP contribution in [-0.4, -0.2) is 51.4 Å². The third-order valence-corrected chi connectivity index (χ3v) is 0. The third-order valence-electron chi connectivity index (χ3n) is 0. The fourth-order valence-corrected chi connectivity index (χ4v) is 0. The van der Waals surface area contributed by atoms with Gasteiger partial charge in [0.25, 0.3) is 0 Å². The van der Waals surface area contributed by atoms with Gasteiger partial charge >= 0.3 is 116 Å². The van der Waals surface area contributed by atoms with Gasteiger partial charge in [0.05, 0.1) is 0 Å². The Morgan fingerprint density at radius 1 is 0.625 bits per heavy atom. The Balaban J connectivity index is 0. The van der Waals surface area contributed by atoms with E-state index in [0.717, 1.165) is 0 Å². The van der Waals surface area contributed by atoms with Crippen molar-refractivity contribution in [2.24, 2.45) is 0 Å². The van der Waals surface area contributed by atoms with Gasteiger partial charge in [-0.1, -0.05) is 0 Å². The molecule has 0 radical (unpaired) electrons. The molecule has 0 heterocycles. The summed E-state index contributed by atoms with van der Waals surface area (Å²) in [5.74, 6) is 0. The molecule has 0 N–H and O–H groups in total. The third kappa shape index (κ3) is 50.5. The molecule has 0 aromatic rings. The summed E-state index contributed by atoms with van der Waals surface area (Å²) in [5.41, 5.74) is 0. The van der Waals surface area contributed by atoms with E-state index >= 15 is 0 Å². The van der Waals surface area contributed by atoms with Crippen LogP contribution in [0.1, 0.15) is 0 Å². The molecule has 0 fully saturated rings. The van der Waals surface area contributed by atoms with Gasteiger partial charge in [0.2, 0.25) is 0 Å². The maximum absolute atomic E-state index is 5.38. The molecule has 0 rings (SSSR count). The number of rotatable bonds is 0. The fourth-order valence-electron chi connectivity index (χ4n) is 0. The van der Waals surface area contributed by atoms with Gasteiger partial charge in [-0.3, -0.25) is 0 Å². The van der Waals surface area contributed by atoms with Crippen molar-refractivity contribution in [3.05, 3.63) is 0 Å². The number of hydrogen-bond acceptors (Lipinski definition) is 0. The van der Waals surface area contributed by atoms with Gasteiger partial charge in [-0.2, -0.15) is 0 Å². The predicted octanol–water partition coefficient (Wildman–Crippen LogP) is 3.49. The van der Waals surface area contributed by atoms with Crippen molar-refractivity contribution < 1.29 is 6.64 Å². The van der Waals surface area contributed by atoms with Crippen molar-refractivity contribution in [3.8, 4) is 0 Å². The normalized spacial score (nSPS) is 20.2. The molecule has 0 atom stereocenters. The van der Waals surface area contributed by atoms with Crippen LogP contribution in [0.15, 0.2) is 0 Å². The number of hydrogen-bond donors (Lipinski definition) is 0. The minimum absolute atomic E-state index is 0. The van der Waals surface area contributed by atoms with Gasteiger partial charge < -0.3 is 0 Å². The van der Waals surface area contributed by atoms with E-state index in [2.05, 4.69) is 0 Å². The minimum atomic E-state index is -5.38. The SMILES string of the molecule is [Cl][Os]([Cl])([Cl])([Cl])([Cl])[Cl].[KH]. The first-order valence-corrected chi connectivity index (χ1v) is 19.7. The molecule has 0 aromatic carbocycles. The summed E-state index contributed by atoms with van der Waals surface area (Å²) in [6, 6.07) is 0. The average Bonchev–Trinajstić information content (AvgIpc) is 0.592. The monoisotopic (exact) mass is 442 g/mol. The second-order valence-corrected chi connectivity index (χ2v) is 55.8. The standard InChI is InChI=1S/6ClH.K.Os.H/h6*1H;;;/q;;;;;;;+6;/p-6. The van der Waals surface area contributed by atoms with Crippen LogP contribution in [0.2, 0.25) is 0 Å². The first kappa shape index (κ1) is 14.5.